The largest absolute Gasteiger partial charge is 0.481 e. The highest BCUT2D eigenvalue weighted by Gasteiger charge is 2.65. The lowest BCUT2D eigenvalue weighted by molar-refractivity contribution is -0.189. The van der Waals surface area contributed by atoms with Crippen molar-refractivity contribution in [3.63, 3.8) is 0 Å². The second-order valence-corrected chi connectivity index (χ2v) is 9.49. The maximum atomic E-state index is 13.1. The molecule has 27 heavy (non-hydrogen) atoms. The third kappa shape index (κ3) is 3.60. The van der Waals surface area contributed by atoms with Gasteiger partial charge in [0.1, 0.15) is 11.4 Å². The molecule has 0 spiro atoms. The van der Waals surface area contributed by atoms with Crippen LogP contribution < -0.4 is 0 Å². The van der Waals surface area contributed by atoms with E-state index in [0.29, 0.717) is 12.0 Å². The Morgan fingerprint density at radius 1 is 1.44 bits per heavy atom. The van der Waals surface area contributed by atoms with Crippen LogP contribution in [-0.2, 0) is 35.1 Å². The maximum absolute atomic E-state index is 13.1. The van der Waals surface area contributed by atoms with E-state index in [1.54, 1.807) is 0 Å². The van der Waals surface area contributed by atoms with Gasteiger partial charge in [0.25, 0.3) is 0 Å². The molecule has 4 bridgehead atoms. The zero-order valence-electron chi connectivity index (χ0n) is 13.8. The molecule has 146 valence electrons. The molecule has 4 unspecified atom stereocenters. The Hall–Kier alpha value is -0.850. The number of ether oxygens (including phenoxy) is 2. The van der Waals surface area contributed by atoms with Gasteiger partial charge < -0.3 is 14.6 Å². The van der Waals surface area contributed by atoms with Gasteiger partial charge in [-0.05, 0) is 12.1 Å². The number of rotatable bonds is 5. The van der Waals surface area contributed by atoms with E-state index in [0.717, 1.165) is 9.09 Å². The molecule has 0 radical (unpaired) electrons. The molecule has 2 aliphatic heterocycles. The first-order chi connectivity index (χ1) is 12.8. The average Bonchev–Trinajstić information content (AvgIpc) is 3.17. The van der Waals surface area contributed by atoms with Crippen molar-refractivity contribution < 1.29 is 33.8 Å². The van der Waals surface area contributed by atoms with Crippen molar-refractivity contribution in [1.82, 2.24) is 0 Å². The van der Waals surface area contributed by atoms with Crippen LogP contribution in [0, 0.1) is 5.92 Å². The van der Waals surface area contributed by atoms with E-state index in [9.17, 15) is 24.3 Å². The third-order valence-electron chi connectivity index (χ3n) is 4.38. The molecule has 3 rings (SSSR count). The summed E-state index contributed by atoms with van der Waals surface area (Å²) in [5.41, 5.74) is -3.69. The number of thioether (sulfide) groups is 1. The standard InChI is InChI=1S/C16H16O7S4/c17-7-15-5-8-1-2-11(27-8)26-4-3-10(18)16(23-15,14(25)22-15)12(19)9(6-24)13(20)21/h1-2,7,9,14,24-25H,3-6H2,(H,20,21). The highest BCUT2D eigenvalue weighted by atomic mass is 32.2. The second kappa shape index (κ2) is 7.88. The summed E-state index contributed by atoms with van der Waals surface area (Å²) in [6.07, 6.45) is 0.303. The molecule has 1 aromatic heterocycles. The van der Waals surface area contributed by atoms with E-state index < -0.39 is 40.3 Å². The number of ketones is 2. The molecule has 0 amide bonds. The summed E-state index contributed by atoms with van der Waals surface area (Å²) in [4.78, 5) is 50.2. The number of Topliss-reactive ketones (excluding diaryl/α,β-unsaturated/α-hetero) is 2. The van der Waals surface area contributed by atoms with Crippen molar-refractivity contribution in [2.75, 3.05) is 11.5 Å². The number of thiol groups is 2. The van der Waals surface area contributed by atoms with Gasteiger partial charge in [-0.1, -0.05) is 0 Å². The fourth-order valence-electron chi connectivity index (χ4n) is 3.03. The summed E-state index contributed by atoms with van der Waals surface area (Å²) in [5.74, 6) is -6.55. The Labute approximate surface area is 174 Å². The molecule has 0 aromatic carbocycles. The summed E-state index contributed by atoms with van der Waals surface area (Å²) < 4.78 is 12.3. The van der Waals surface area contributed by atoms with Gasteiger partial charge in [0, 0.05) is 29.2 Å². The average molecular weight is 449 g/mol. The van der Waals surface area contributed by atoms with E-state index in [1.165, 1.54) is 23.1 Å². The highest BCUT2D eigenvalue weighted by Crippen LogP contribution is 2.45. The fraction of sp³-hybridized carbons (Fsp3) is 0.500. The number of hydrogen-bond acceptors (Lipinski definition) is 10. The first kappa shape index (κ1) is 20.9. The molecular weight excluding hydrogens is 432 g/mol. The first-order valence-corrected chi connectivity index (χ1v) is 10.9. The lowest BCUT2D eigenvalue weighted by Crippen LogP contribution is -2.57. The number of fused-ring (bicyclic) bond motifs is 4. The number of thiophene rings is 1. The van der Waals surface area contributed by atoms with Crippen molar-refractivity contribution in [2.24, 2.45) is 5.92 Å². The van der Waals surface area contributed by atoms with Crippen molar-refractivity contribution >= 4 is 72.2 Å². The fourth-order valence-corrected chi connectivity index (χ4v) is 6.12. The van der Waals surface area contributed by atoms with Crippen LogP contribution in [-0.4, -0.2) is 57.3 Å². The number of carbonyl (C=O) groups excluding carboxylic acids is 3. The zero-order valence-corrected chi connectivity index (χ0v) is 17.2. The number of hydrogen-bond donors (Lipinski definition) is 3. The predicted molar refractivity (Wildman–Crippen MR) is 105 cm³/mol. The summed E-state index contributed by atoms with van der Waals surface area (Å²) in [7, 11) is 0. The Bertz CT molecular complexity index is 793. The van der Waals surface area contributed by atoms with E-state index in [2.05, 4.69) is 25.3 Å². The van der Waals surface area contributed by atoms with E-state index in [1.807, 2.05) is 12.1 Å². The normalized spacial score (nSPS) is 31.8. The van der Waals surface area contributed by atoms with Gasteiger partial charge in [-0.2, -0.15) is 12.6 Å². The predicted octanol–water partition coefficient (Wildman–Crippen LogP) is 1.49. The van der Waals surface area contributed by atoms with Gasteiger partial charge in [-0.25, -0.2) is 0 Å². The molecule has 0 aliphatic carbocycles. The van der Waals surface area contributed by atoms with Gasteiger partial charge in [-0.15, -0.1) is 35.7 Å². The molecular formula is C16H16O7S4. The number of carboxylic acids is 1. The van der Waals surface area contributed by atoms with E-state index in [-0.39, 0.29) is 18.6 Å². The molecule has 1 N–H and O–H groups in total. The van der Waals surface area contributed by atoms with Gasteiger partial charge in [0.15, 0.2) is 17.9 Å². The smallest absolute Gasteiger partial charge is 0.315 e. The van der Waals surface area contributed by atoms with Crippen LogP contribution >= 0.6 is 48.4 Å². The minimum Gasteiger partial charge on any atom is -0.481 e. The van der Waals surface area contributed by atoms with Gasteiger partial charge in [-0.3, -0.25) is 19.2 Å². The minimum absolute atomic E-state index is 0.0142. The van der Waals surface area contributed by atoms with Gasteiger partial charge >= 0.3 is 5.97 Å². The highest BCUT2D eigenvalue weighted by molar-refractivity contribution is 8.01. The zero-order chi connectivity index (χ0) is 19.8. The van der Waals surface area contributed by atoms with Gasteiger partial charge in [0.05, 0.1) is 4.21 Å². The van der Waals surface area contributed by atoms with Crippen molar-refractivity contribution in [3.8, 4) is 0 Å². The van der Waals surface area contributed by atoms with Crippen LogP contribution in [0.3, 0.4) is 0 Å². The van der Waals surface area contributed by atoms with Crippen LogP contribution in [0.2, 0.25) is 0 Å². The maximum Gasteiger partial charge on any atom is 0.315 e. The Kier molecular flexibility index (Phi) is 6.09. The molecule has 3 heterocycles. The topological polar surface area (TPSA) is 107 Å². The van der Waals surface area contributed by atoms with E-state index >= 15 is 0 Å². The lowest BCUT2D eigenvalue weighted by Gasteiger charge is -2.30. The molecule has 2 aliphatic rings. The molecule has 7 nitrogen and oxygen atoms in total. The number of carbonyl (C=O) groups is 4. The Morgan fingerprint density at radius 2 is 2.19 bits per heavy atom. The van der Waals surface area contributed by atoms with Crippen molar-refractivity contribution in [2.45, 2.75) is 33.9 Å². The third-order valence-corrected chi connectivity index (χ3v) is 7.53. The Morgan fingerprint density at radius 3 is 2.81 bits per heavy atom. The first-order valence-electron chi connectivity index (χ1n) is 7.93. The molecule has 1 aromatic rings. The second-order valence-electron chi connectivity index (χ2n) is 6.09. The summed E-state index contributed by atoms with van der Waals surface area (Å²) in [5, 5.41) is 9.35. The van der Waals surface area contributed by atoms with Crippen LogP contribution in [0.15, 0.2) is 16.3 Å². The number of aldehydes is 1. The molecule has 1 saturated heterocycles. The molecule has 1 fully saturated rings. The van der Waals surface area contributed by atoms with Crippen LogP contribution in [0.25, 0.3) is 0 Å². The van der Waals surface area contributed by atoms with Crippen molar-refractivity contribution in [3.05, 3.63) is 17.0 Å². The van der Waals surface area contributed by atoms with Gasteiger partial charge in [0.2, 0.25) is 11.4 Å². The summed E-state index contributed by atoms with van der Waals surface area (Å²) >= 11 is 11.0. The van der Waals surface area contributed by atoms with Crippen LogP contribution in [0.4, 0.5) is 0 Å². The number of carboxylic acid groups (broad SMARTS) is 1. The van der Waals surface area contributed by atoms with E-state index in [4.69, 9.17) is 9.47 Å². The summed E-state index contributed by atoms with van der Waals surface area (Å²) in [6, 6.07) is 3.69. The van der Waals surface area contributed by atoms with Crippen LogP contribution in [0.5, 0.6) is 0 Å². The SMILES string of the molecule is O=CC12Cc3ccc(s3)SCCC(=O)C(C(=O)C(CS)C(=O)O)(O1)C(S)O2. The van der Waals surface area contributed by atoms with Crippen molar-refractivity contribution in [1.29, 1.82) is 0 Å². The molecule has 0 saturated carbocycles. The minimum atomic E-state index is -2.28. The summed E-state index contributed by atoms with van der Waals surface area (Å²) in [6.45, 7) is 0. The Balaban J connectivity index is 2.09. The number of aliphatic carboxylic acids is 1. The monoisotopic (exact) mass is 448 g/mol. The van der Waals surface area contributed by atoms with Crippen LogP contribution in [0.1, 0.15) is 11.3 Å². The lowest BCUT2D eigenvalue weighted by atomic mass is 9.85. The quantitative estimate of drug-likeness (QED) is 0.353. The molecule has 11 heteroatoms. The molecule has 4 atom stereocenters.